The van der Waals surface area contributed by atoms with Gasteiger partial charge in [-0.25, -0.2) is 0 Å². The number of benzene rings is 1. The van der Waals surface area contributed by atoms with Crippen molar-refractivity contribution in [1.29, 1.82) is 0 Å². The molecule has 0 radical (unpaired) electrons. The molecule has 0 aliphatic carbocycles. The lowest BCUT2D eigenvalue weighted by Crippen LogP contribution is -2.30. The maximum Gasteiger partial charge on any atom is 0.261 e. The minimum Gasteiger partial charge on any atom is -0.494 e. The molecule has 0 unspecified atom stereocenters. The third-order valence-corrected chi connectivity index (χ3v) is 2.51. The van der Waals surface area contributed by atoms with Crippen LogP contribution in [0.3, 0.4) is 0 Å². The molecule has 1 aromatic carbocycles. The van der Waals surface area contributed by atoms with E-state index >= 15 is 0 Å². The summed E-state index contributed by atoms with van der Waals surface area (Å²) in [4.78, 5) is 27.7. The predicted octanol–water partition coefficient (Wildman–Crippen LogP) is 1.66. The van der Waals surface area contributed by atoms with E-state index in [1.807, 2.05) is 0 Å². The Morgan fingerprint density at radius 3 is 2.53 bits per heavy atom. The van der Waals surface area contributed by atoms with E-state index in [2.05, 4.69) is 10.3 Å². The van der Waals surface area contributed by atoms with Gasteiger partial charge in [-0.1, -0.05) is 18.2 Å². The number of amides is 2. The van der Waals surface area contributed by atoms with Gasteiger partial charge in [0.05, 0.1) is 18.9 Å². The fourth-order valence-corrected chi connectivity index (χ4v) is 1.56. The molecule has 2 rings (SSSR count). The van der Waals surface area contributed by atoms with Gasteiger partial charge in [0.2, 0.25) is 0 Å². The second-order valence-corrected chi connectivity index (χ2v) is 3.73. The van der Waals surface area contributed by atoms with E-state index in [-0.39, 0.29) is 5.56 Å². The molecule has 96 valence electrons. The smallest absolute Gasteiger partial charge is 0.261 e. The lowest BCUT2D eigenvalue weighted by atomic mass is 10.2. The second-order valence-electron chi connectivity index (χ2n) is 3.73. The summed E-state index contributed by atoms with van der Waals surface area (Å²) in [6.45, 7) is 0. The molecule has 0 spiro atoms. The van der Waals surface area contributed by atoms with Crippen molar-refractivity contribution in [1.82, 2.24) is 10.3 Å². The molecule has 0 aliphatic rings. The number of imide groups is 1. The monoisotopic (exact) mass is 256 g/mol. The lowest BCUT2D eigenvalue weighted by Gasteiger charge is -2.07. The van der Waals surface area contributed by atoms with Crippen molar-refractivity contribution in [3.63, 3.8) is 0 Å². The number of hydrogen-bond acceptors (Lipinski definition) is 4. The molecule has 5 nitrogen and oxygen atoms in total. The van der Waals surface area contributed by atoms with Gasteiger partial charge >= 0.3 is 0 Å². The van der Waals surface area contributed by atoms with Crippen LogP contribution in [0.25, 0.3) is 0 Å². The molecule has 0 aliphatic heterocycles. The summed E-state index contributed by atoms with van der Waals surface area (Å²) in [6, 6.07) is 10.0. The molecular formula is C14H12N2O3. The van der Waals surface area contributed by atoms with Gasteiger partial charge in [0.15, 0.2) is 0 Å². The number of pyridine rings is 1. The number of carbonyl (C=O) groups excluding carboxylic acids is 2. The van der Waals surface area contributed by atoms with Crippen molar-refractivity contribution in [2.45, 2.75) is 0 Å². The molecular weight excluding hydrogens is 244 g/mol. The van der Waals surface area contributed by atoms with E-state index in [0.29, 0.717) is 11.3 Å². The fraction of sp³-hybridized carbons (Fsp3) is 0.0714. The van der Waals surface area contributed by atoms with Crippen LogP contribution in [0.2, 0.25) is 0 Å². The molecule has 2 amide bonds. The first-order valence-electron chi connectivity index (χ1n) is 5.61. The van der Waals surface area contributed by atoms with Crippen LogP contribution in [0.4, 0.5) is 0 Å². The summed E-state index contributed by atoms with van der Waals surface area (Å²) in [6.07, 6.45) is 2.88. The first kappa shape index (κ1) is 12.8. The maximum atomic E-state index is 12.0. The van der Waals surface area contributed by atoms with Crippen molar-refractivity contribution >= 4 is 11.8 Å². The average molecular weight is 256 g/mol. The molecule has 1 aromatic heterocycles. The van der Waals surface area contributed by atoms with Gasteiger partial charge in [0.25, 0.3) is 11.8 Å². The largest absolute Gasteiger partial charge is 0.494 e. The van der Waals surface area contributed by atoms with Crippen molar-refractivity contribution in [3.05, 3.63) is 59.9 Å². The zero-order valence-electron chi connectivity index (χ0n) is 10.3. The van der Waals surface area contributed by atoms with Gasteiger partial charge in [0, 0.05) is 11.8 Å². The summed E-state index contributed by atoms with van der Waals surface area (Å²) in [5.41, 5.74) is 0.686. The van der Waals surface area contributed by atoms with Crippen LogP contribution in [-0.2, 0) is 0 Å². The van der Waals surface area contributed by atoms with Crippen molar-refractivity contribution in [2.75, 3.05) is 7.11 Å². The summed E-state index contributed by atoms with van der Waals surface area (Å²) in [7, 11) is 1.44. The van der Waals surface area contributed by atoms with Crippen LogP contribution < -0.4 is 10.1 Å². The van der Waals surface area contributed by atoms with E-state index in [1.54, 1.807) is 30.3 Å². The van der Waals surface area contributed by atoms with E-state index < -0.39 is 11.8 Å². The number of nitrogens with one attached hydrogen (secondary N) is 1. The van der Waals surface area contributed by atoms with Crippen molar-refractivity contribution < 1.29 is 14.3 Å². The Morgan fingerprint density at radius 2 is 1.84 bits per heavy atom. The molecule has 0 fully saturated rings. The molecule has 0 saturated heterocycles. The average Bonchev–Trinajstić information content (AvgIpc) is 2.48. The Hall–Kier alpha value is -2.69. The SMILES string of the molecule is COc1cnccc1C(=O)NC(=O)c1ccccc1. The van der Waals surface area contributed by atoms with Gasteiger partial charge in [-0.15, -0.1) is 0 Å². The molecule has 1 heterocycles. The molecule has 0 saturated carbocycles. The highest BCUT2D eigenvalue weighted by molar-refractivity contribution is 6.11. The van der Waals surface area contributed by atoms with Gasteiger partial charge in [-0.05, 0) is 18.2 Å². The normalized spacial score (nSPS) is 9.74. The molecule has 0 bridgehead atoms. The summed E-state index contributed by atoms with van der Waals surface area (Å²) >= 11 is 0. The van der Waals surface area contributed by atoms with Crippen molar-refractivity contribution in [2.24, 2.45) is 0 Å². The fourth-order valence-electron chi connectivity index (χ4n) is 1.56. The Labute approximate surface area is 110 Å². The molecule has 19 heavy (non-hydrogen) atoms. The predicted molar refractivity (Wildman–Crippen MR) is 69.0 cm³/mol. The first-order valence-corrected chi connectivity index (χ1v) is 5.61. The molecule has 1 N–H and O–H groups in total. The van der Waals surface area contributed by atoms with Gasteiger partial charge < -0.3 is 4.74 Å². The van der Waals surface area contributed by atoms with Gasteiger partial charge in [-0.3, -0.25) is 19.9 Å². The topological polar surface area (TPSA) is 68.3 Å². The summed E-state index contributed by atoms with van der Waals surface area (Å²) < 4.78 is 5.02. The second kappa shape index (κ2) is 5.77. The molecule has 2 aromatic rings. The Bertz CT molecular complexity index is 597. The quantitative estimate of drug-likeness (QED) is 0.848. The third-order valence-electron chi connectivity index (χ3n) is 2.51. The van der Waals surface area contributed by atoms with Gasteiger partial charge in [-0.2, -0.15) is 0 Å². The number of carbonyl (C=O) groups is 2. The van der Waals surface area contributed by atoms with E-state index in [4.69, 9.17) is 4.74 Å². The van der Waals surface area contributed by atoms with Crippen LogP contribution >= 0.6 is 0 Å². The number of hydrogen-bond donors (Lipinski definition) is 1. The highest BCUT2D eigenvalue weighted by Crippen LogP contribution is 2.15. The van der Waals surface area contributed by atoms with E-state index in [9.17, 15) is 9.59 Å². The van der Waals surface area contributed by atoms with Crippen LogP contribution in [0, 0.1) is 0 Å². The van der Waals surface area contributed by atoms with Crippen LogP contribution in [0.15, 0.2) is 48.8 Å². The summed E-state index contributed by atoms with van der Waals surface area (Å²) in [5.74, 6) is -0.654. The minimum absolute atomic E-state index is 0.266. The van der Waals surface area contributed by atoms with Crippen molar-refractivity contribution in [3.8, 4) is 5.75 Å². The Kier molecular flexibility index (Phi) is 3.87. The highest BCUT2D eigenvalue weighted by atomic mass is 16.5. The highest BCUT2D eigenvalue weighted by Gasteiger charge is 2.15. The van der Waals surface area contributed by atoms with Crippen LogP contribution in [0.5, 0.6) is 5.75 Å². The third kappa shape index (κ3) is 2.95. The maximum absolute atomic E-state index is 12.0. The first-order chi connectivity index (χ1) is 9.22. The minimum atomic E-state index is -0.520. The number of aromatic nitrogens is 1. The van der Waals surface area contributed by atoms with E-state index in [1.165, 1.54) is 25.6 Å². The Balaban J connectivity index is 2.16. The number of nitrogens with zero attached hydrogens (tertiary/aromatic N) is 1. The zero-order valence-corrected chi connectivity index (χ0v) is 10.3. The van der Waals surface area contributed by atoms with Crippen LogP contribution in [0.1, 0.15) is 20.7 Å². The van der Waals surface area contributed by atoms with Gasteiger partial charge in [0.1, 0.15) is 5.75 Å². The molecule has 0 atom stereocenters. The number of rotatable bonds is 3. The zero-order chi connectivity index (χ0) is 13.7. The number of ether oxygens (including phenoxy) is 1. The van der Waals surface area contributed by atoms with Crippen LogP contribution in [-0.4, -0.2) is 23.9 Å². The number of methoxy groups -OCH3 is 1. The Morgan fingerprint density at radius 1 is 1.11 bits per heavy atom. The van der Waals surface area contributed by atoms with E-state index in [0.717, 1.165) is 0 Å². The summed E-state index contributed by atoms with van der Waals surface area (Å²) in [5, 5.41) is 2.30. The standard InChI is InChI=1S/C14H12N2O3/c1-19-12-9-15-8-7-11(12)14(18)16-13(17)10-5-3-2-4-6-10/h2-9H,1H3,(H,16,17,18). The lowest BCUT2D eigenvalue weighted by molar-refractivity contribution is 0.0847. The molecule has 5 heteroatoms.